The highest BCUT2D eigenvalue weighted by Crippen LogP contribution is 2.17. The molecule has 1 atom stereocenters. The molecular weight excluding hydrogens is 200 g/mol. The summed E-state index contributed by atoms with van der Waals surface area (Å²) in [6.45, 7) is 6.45. The van der Waals surface area contributed by atoms with Gasteiger partial charge in [-0.1, -0.05) is 13.8 Å². The zero-order valence-electron chi connectivity index (χ0n) is 10.1. The normalized spacial score (nSPS) is 20.3. The lowest BCUT2D eigenvalue weighted by atomic mass is 10.1. The Kier molecular flexibility index (Phi) is 3.78. The van der Waals surface area contributed by atoms with Crippen LogP contribution >= 0.6 is 0 Å². The number of rotatable bonds is 4. The summed E-state index contributed by atoms with van der Waals surface area (Å²) in [6, 6.07) is 2.12. The number of hydrogen-bond donors (Lipinski definition) is 1. The van der Waals surface area contributed by atoms with Crippen molar-refractivity contribution in [2.24, 2.45) is 5.92 Å². The maximum Gasteiger partial charge on any atom is 0.138 e. The fourth-order valence-corrected chi connectivity index (χ4v) is 2.03. The highest BCUT2D eigenvalue weighted by atomic mass is 16.5. The zero-order valence-corrected chi connectivity index (χ0v) is 10.1. The van der Waals surface area contributed by atoms with E-state index < -0.39 is 0 Å². The monoisotopic (exact) mass is 220 g/mol. The van der Waals surface area contributed by atoms with Crippen LogP contribution in [0.4, 0.5) is 0 Å². The second-order valence-corrected chi connectivity index (χ2v) is 4.86. The summed E-state index contributed by atoms with van der Waals surface area (Å²) in [7, 11) is 0. The lowest BCUT2D eigenvalue weighted by Crippen LogP contribution is -2.19. The van der Waals surface area contributed by atoms with Crippen LogP contribution in [0, 0.1) is 5.92 Å². The summed E-state index contributed by atoms with van der Waals surface area (Å²) in [5, 5.41) is 3.29. The molecule has 1 N–H and O–H groups in total. The summed E-state index contributed by atoms with van der Waals surface area (Å²) in [5.41, 5.74) is 1.26. The first-order valence-electron chi connectivity index (χ1n) is 6.05. The van der Waals surface area contributed by atoms with Crippen molar-refractivity contribution in [3.63, 3.8) is 0 Å². The molecule has 3 nitrogen and oxygen atoms in total. The van der Waals surface area contributed by atoms with E-state index in [0.29, 0.717) is 12.0 Å². The van der Waals surface area contributed by atoms with Gasteiger partial charge in [0, 0.05) is 12.7 Å². The van der Waals surface area contributed by atoms with E-state index in [4.69, 9.17) is 4.74 Å². The number of pyridine rings is 1. The van der Waals surface area contributed by atoms with Gasteiger partial charge in [-0.05, 0) is 36.9 Å². The molecule has 16 heavy (non-hydrogen) atoms. The Balaban J connectivity index is 1.97. The predicted octanol–water partition coefficient (Wildman–Crippen LogP) is 2.02. The van der Waals surface area contributed by atoms with E-state index in [2.05, 4.69) is 30.2 Å². The molecule has 0 aliphatic carbocycles. The molecule has 3 heteroatoms. The van der Waals surface area contributed by atoms with Gasteiger partial charge in [0.15, 0.2) is 0 Å². The number of ether oxygens (including phenoxy) is 1. The van der Waals surface area contributed by atoms with Gasteiger partial charge in [-0.2, -0.15) is 0 Å². The molecule has 2 heterocycles. The van der Waals surface area contributed by atoms with E-state index in [1.54, 1.807) is 0 Å². The van der Waals surface area contributed by atoms with Gasteiger partial charge in [-0.15, -0.1) is 0 Å². The predicted molar refractivity (Wildman–Crippen MR) is 64.7 cm³/mol. The first kappa shape index (κ1) is 11.4. The molecule has 0 bridgehead atoms. The van der Waals surface area contributed by atoms with Gasteiger partial charge >= 0.3 is 0 Å². The van der Waals surface area contributed by atoms with Crippen LogP contribution in [0.1, 0.15) is 25.8 Å². The molecule has 1 aromatic rings. The van der Waals surface area contributed by atoms with Crippen LogP contribution in [0.5, 0.6) is 5.75 Å². The Morgan fingerprint density at radius 2 is 2.38 bits per heavy atom. The quantitative estimate of drug-likeness (QED) is 0.843. The average Bonchev–Trinajstić information content (AvgIpc) is 2.70. The van der Waals surface area contributed by atoms with Gasteiger partial charge in [-0.25, -0.2) is 0 Å². The van der Waals surface area contributed by atoms with Crippen molar-refractivity contribution in [3.8, 4) is 5.75 Å². The topological polar surface area (TPSA) is 34.1 Å². The van der Waals surface area contributed by atoms with Crippen molar-refractivity contribution in [3.05, 3.63) is 24.0 Å². The standard InChI is InChI=1S/C13H20N2O/c1-10(2)5-11-6-13(9-15-7-11)16-12-3-4-14-8-12/h6-7,9-10,12,14H,3-5,8H2,1-2H3. The van der Waals surface area contributed by atoms with Crippen LogP contribution in [-0.2, 0) is 6.42 Å². The van der Waals surface area contributed by atoms with Crippen LogP contribution in [0.15, 0.2) is 18.5 Å². The van der Waals surface area contributed by atoms with Crippen molar-refractivity contribution >= 4 is 0 Å². The van der Waals surface area contributed by atoms with Crippen LogP contribution in [0.3, 0.4) is 0 Å². The molecular formula is C13H20N2O. The summed E-state index contributed by atoms with van der Waals surface area (Å²) >= 11 is 0. The number of hydrogen-bond acceptors (Lipinski definition) is 3. The third kappa shape index (κ3) is 3.20. The van der Waals surface area contributed by atoms with Crippen molar-refractivity contribution < 1.29 is 4.74 Å². The van der Waals surface area contributed by atoms with Crippen LogP contribution < -0.4 is 10.1 Å². The number of nitrogens with one attached hydrogen (secondary N) is 1. The lowest BCUT2D eigenvalue weighted by Gasteiger charge is -2.13. The first-order valence-corrected chi connectivity index (χ1v) is 6.05. The molecule has 0 radical (unpaired) electrons. The minimum atomic E-state index is 0.316. The third-order valence-corrected chi connectivity index (χ3v) is 2.73. The van der Waals surface area contributed by atoms with Gasteiger partial charge in [0.05, 0.1) is 6.20 Å². The highest BCUT2D eigenvalue weighted by Gasteiger charge is 2.16. The molecule has 1 aliphatic rings. The zero-order chi connectivity index (χ0) is 11.4. The van der Waals surface area contributed by atoms with E-state index in [9.17, 15) is 0 Å². The number of nitrogens with zero attached hydrogens (tertiary/aromatic N) is 1. The van der Waals surface area contributed by atoms with Crippen molar-refractivity contribution in [1.82, 2.24) is 10.3 Å². The van der Waals surface area contributed by atoms with Crippen molar-refractivity contribution in [2.75, 3.05) is 13.1 Å². The molecule has 2 rings (SSSR count). The minimum Gasteiger partial charge on any atom is -0.487 e. The SMILES string of the molecule is CC(C)Cc1cncc(OC2CCNC2)c1. The van der Waals surface area contributed by atoms with Gasteiger partial charge < -0.3 is 10.1 Å². The molecule has 0 saturated carbocycles. The highest BCUT2D eigenvalue weighted by molar-refractivity contribution is 5.24. The maximum absolute atomic E-state index is 5.87. The molecule has 0 aromatic carbocycles. The summed E-state index contributed by atoms with van der Waals surface area (Å²) in [5.74, 6) is 1.57. The van der Waals surface area contributed by atoms with Crippen LogP contribution in [0.25, 0.3) is 0 Å². The largest absolute Gasteiger partial charge is 0.487 e. The fourth-order valence-electron chi connectivity index (χ4n) is 2.03. The molecule has 1 saturated heterocycles. The van der Waals surface area contributed by atoms with Gasteiger partial charge in [0.25, 0.3) is 0 Å². The Morgan fingerprint density at radius 3 is 3.06 bits per heavy atom. The average molecular weight is 220 g/mol. The Hall–Kier alpha value is -1.09. The molecule has 1 fully saturated rings. The molecule has 1 unspecified atom stereocenters. The van der Waals surface area contributed by atoms with E-state index in [1.807, 2.05) is 12.4 Å². The fraction of sp³-hybridized carbons (Fsp3) is 0.615. The Morgan fingerprint density at radius 1 is 1.50 bits per heavy atom. The van der Waals surface area contributed by atoms with Gasteiger partial charge in [0.2, 0.25) is 0 Å². The van der Waals surface area contributed by atoms with Crippen LogP contribution in [-0.4, -0.2) is 24.2 Å². The Bertz CT molecular complexity index is 332. The van der Waals surface area contributed by atoms with Gasteiger partial charge in [-0.3, -0.25) is 4.98 Å². The lowest BCUT2D eigenvalue weighted by molar-refractivity contribution is 0.222. The van der Waals surface area contributed by atoms with E-state index >= 15 is 0 Å². The number of aromatic nitrogens is 1. The molecule has 1 aliphatic heterocycles. The van der Waals surface area contributed by atoms with Crippen molar-refractivity contribution in [2.45, 2.75) is 32.8 Å². The summed E-state index contributed by atoms with van der Waals surface area (Å²) < 4.78 is 5.87. The maximum atomic E-state index is 5.87. The third-order valence-electron chi connectivity index (χ3n) is 2.73. The van der Waals surface area contributed by atoms with Crippen molar-refractivity contribution in [1.29, 1.82) is 0 Å². The molecule has 0 amide bonds. The van der Waals surface area contributed by atoms with E-state index in [0.717, 1.165) is 31.7 Å². The molecule has 0 spiro atoms. The first-order chi connectivity index (χ1) is 7.74. The van der Waals surface area contributed by atoms with E-state index in [1.165, 1.54) is 5.56 Å². The molecule has 1 aromatic heterocycles. The second kappa shape index (κ2) is 5.30. The second-order valence-electron chi connectivity index (χ2n) is 4.86. The summed E-state index contributed by atoms with van der Waals surface area (Å²) in [6.07, 6.45) is 6.21. The molecule has 88 valence electrons. The Labute approximate surface area is 97.2 Å². The van der Waals surface area contributed by atoms with Gasteiger partial charge in [0.1, 0.15) is 11.9 Å². The minimum absolute atomic E-state index is 0.316. The summed E-state index contributed by atoms with van der Waals surface area (Å²) in [4.78, 5) is 4.23. The van der Waals surface area contributed by atoms with Crippen LogP contribution in [0.2, 0.25) is 0 Å². The smallest absolute Gasteiger partial charge is 0.138 e. The van der Waals surface area contributed by atoms with E-state index in [-0.39, 0.29) is 0 Å².